The molecule has 21 heavy (non-hydrogen) atoms. The van der Waals surface area contributed by atoms with E-state index in [0.29, 0.717) is 21.4 Å². The Labute approximate surface area is 131 Å². The molecule has 1 aromatic carbocycles. The van der Waals surface area contributed by atoms with Gasteiger partial charge in [-0.3, -0.25) is 9.78 Å². The van der Waals surface area contributed by atoms with Gasteiger partial charge in [0.25, 0.3) is 5.91 Å². The molecule has 0 aliphatic carbocycles. The van der Waals surface area contributed by atoms with Crippen molar-refractivity contribution in [2.75, 3.05) is 17.2 Å². The van der Waals surface area contributed by atoms with Gasteiger partial charge in [0, 0.05) is 22.9 Å². The summed E-state index contributed by atoms with van der Waals surface area (Å²) < 4.78 is 0.651. The fourth-order valence-corrected chi connectivity index (χ4v) is 2.22. The Kier molecular flexibility index (Phi) is 4.90. The number of hydrogen-bond acceptors (Lipinski definition) is 4. The quantitative estimate of drug-likeness (QED) is 0.890. The number of hydrogen-bond donors (Lipinski definition) is 2. The number of pyridine rings is 1. The number of carbonyl (C=O) groups is 1. The molecule has 0 saturated carbocycles. The molecule has 1 aromatic heterocycles. The molecule has 6 heteroatoms. The summed E-state index contributed by atoms with van der Waals surface area (Å²) in [6, 6.07) is 10.5. The van der Waals surface area contributed by atoms with Crippen LogP contribution in [0, 0.1) is 11.3 Å². The summed E-state index contributed by atoms with van der Waals surface area (Å²) in [5.74, 6) is -0.305. The zero-order valence-corrected chi connectivity index (χ0v) is 12.9. The van der Waals surface area contributed by atoms with Crippen molar-refractivity contribution in [1.82, 2.24) is 4.98 Å². The zero-order valence-electron chi connectivity index (χ0n) is 11.4. The van der Waals surface area contributed by atoms with Gasteiger partial charge in [-0.25, -0.2) is 0 Å². The van der Waals surface area contributed by atoms with Gasteiger partial charge in [0.15, 0.2) is 0 Å². The first-order valence-electron chi connectivity index (χ1n) is 6.35. The summed E-state index contributed by atoms with van der Waals surface area (Å²) >= 11 is 3.33. The average Bonchev–Trinajstić information content (AvgIpc) is 2.50. The molecule has 0 radical (unpaired) electrons. The van der Waals surface area contributed by atoms with Gasteiger partial charge in [-0.2, -0.15) is 5.26 Å². The first-order valence-corrected chi connectivity index (χ1v) is 7.14. The predicted molar refractivity (Wildman–Crippen MR) is 85.2 cm³/mol. The molecule has 2 rings (SSSR count). The van der Waals surface area contributed by atoms with Crippen LogP contribution in [0.25, 0.3) is 0 Å². The van der Waals surface area contributed by atoms with Crippen LogP contribution in [0.5, 0.6) is 0 Å². The zero-order chi connectivity index (χ0) is 15.2. The molecular weight excluding hydrogens is 332 g/mol. The van der Waals surface area contributed by atoms with Crippen molar-refractivity contribution in [2.45, 2.75) is 6.92 Å². The monoisotopic (exact) mass is 344 g/mol. The van der Waals surface area contributed by atoms with Crippen molar-refractivity contribution >= 4 is 33.2 Å². The normalized spacial score (nSPS) is 9.76. The molecule has 0 unspecified atom stereocenters. The van der Waals surface area contributed by atoms with Crippen molar-refractivity contribution in [1.29, 1.82) is 5.26 Å². The maximum atomic E-state index is 12.2. The average molecular weight is 345 g/mol. The Morgan fingerprint density at radius 1 is 1.38 bits per heavy atom. The summed E-state index contributed by atoms with van der Waals surface area (Å²) in [6.07, 6.45) is 1.58. The molecule has 0 spiro atoms. The summed E-state index contributed by atoms with van der Waals surface area (Å²) in [5.41, 5.74) is 2.28. The number of halogens is 1. The maximum absolute atomic E-state index is 12.2. The molecule has 1 heterocycles. The van der Waals surface area contributed by atoms with E-state index in [2.05, 4.69) is 31.5 Å². The molecule has 106 valence electrons. The minimum Gasteiger partial charge on any atom is -0.385 e. The van der Waals surface area contributed by atoms with Gasteiger partial charge in [-0.1, -0.05) is 0 Å². The number of aromatic nitrogens is 1. The summed E-state index contributed by atoms with van der Waals surface area (Å²) in [4.78, 5) is 16.3. The van der Waals surface area contributed by atoms with E-state index >= 15 is 0 Å². The lowest BCUT2D eigenvalue weighted by atomic mass is 10.2. The van der Waals surface area contributed by atoms with Gasteiger partial charge >= 0.3 is 0 Å². The first-order chi connectivity index (χ1) is 10.1. The Hall–Kier alpha value is -2.39. The van der Waals surface area contributed by atoms with Gasteiger partial charge in [0.2, 0.25) is 0 Å². The number of rotatable bonds is 4. The van der Waals surface area contributed by atoms with Gasteiger partial charge in [-0.15, -0.1) is 0 Å². The van der Waals surface area contributed by atoms with Crippen LogP contribution in [0.1, 0.15) is 23.0 Å². The van der Waals surface area contributed by atoms with Crippen LogP contribution in [-0.2, 0) is 0 Å². The second-order valence-corrected chi connectivity index (χ2v) is 5.07. The maximum Gasteiger partial charge on any atom is 0.274 e. The molecule has 0 saturated heterocycles. The summed E-state index contributed by atoms with van der Waals surface area (Å²) in [5, 5.41) is 14.7. The third-order valence-electron chi connectivity index (χ3n) is 2.72. The molecule has 1 amide bonds. The number of anilines is 2. The summed E-state index contributed by atoms with van der Waals surface area (Å²) in [7, 11) is 0. The van der Waals surface area contributed by atoms with E-state index in [1.807, 2.05) is 13.0 Å². The second-order valence-electron chi connectivity index (χ2n) is 4.22. The lowest BCUT2D eigenvalue weighted by Gasteiger charge is -2.08. The molecule has 0 atom stereocenters. The summed E-state index contributed by atoms with van der Waals surface area (Å²) in [6.45, 7) is 2.75. The fourth-order valence-electron chi connectivity index (χ4n) is 1.74. The lowest BCUT2D eigenvalue weighted by Crippen LogP contribution is -2.14. The van der Waals surface area contributed by atoms with Gasteiger partial charge in [-0.05, 0) is 53.2 Å². The highest BCUT2D eigenvalue weighted by Gasteiger charge is 2.10. The van der Waals surface area contributed by atoms with Crippen molar-refractivity contribution in [2.24, 2.45) is 0 Å². The third kappa shape index (κ3) is 3.80. The van der Waals surface area contributed by atoms with Crippen LogP contribution in [0.4, 0.5) is 11.4 Å². The number of nitrogens with zero attached hydrogens (tertiary/aromatic N) is 2. The number of amides is 1. The number of benzene rings is 1. The Balaban J connectivity index is 2.18. The SMILES string of the molecule is CCNc1ccnc(C(=O)Nc2ccc(C#N)cc2Br)c1. The van der Waals surface area contributed by atoms with E-state index in [9.17, 15) is 4.79 Å². The van der Waals surface area contributed by atoms with Gasteiger partial charge < -0.3 is 10.6 Å². The van der Waals surface area contributed by atoms with E-state index in [0.717, 1.165) is 12.2 Å². The highest BCUT2D eigenvalue weighted by molar-refractivity contribution is 9.10. The molecule has 0 fully saturated rings. The molecule has 2 N–H and O–H groups in total. The topological polar surface area (TPSA) is 77.8 Å². The minimum atomic E-state index is -0.305. The molecular formula is C15H13BrN4O. The van der Waals surface area contributed by atoms with Gasteiger partial charge in [0.05, 0.1) is 17.3 Å². The van der Waals surface area contributed by atoms with E-state index in [4.69, 9.17) is 5.26 Å². The van der Waals surface area contributed by atoms with E-state index in [1.54, 1.807) is 36.5 Å². The highest BCUT2D eigenvalue weighted by Crippen LogP contribution is 2.24. The largest absolute Gasteiger partial charge is 0.385 e. The first kappa shape index (κ1) is 15.0. The van der Waals surface area contributed by atoms with Crippen molar-refractivity contribution in [3.05, 3.63) is 52.3 Å². The van der Waals surface area contributed by atoms with Crippen LogP contribution >= 0.6 is 15.9 Å². The Morgan fingerprint density at radius 3 is 2.86 bits per heavy atom. The molecule has 0 bridgehead atoms. The standard InChI is InChI=1S/C15H13BrN4O/c1-2-18-11-5-6-19-14(8-11)15(21)20-13-4-3-10(9-17)7-12(13)16/h3-8H,2H2,1H3,(H,18,19)(H,20,21). The lowest BCUT2D eigenvalue weighted by molar-refractivity contribution is 0.102. The van der Waals surface area contributed by atoms with Crippen LogP contribution in [0.3, 0.4) is 0 Å². The van der Waals surface area contributed by atoms with E-state index < -0.39 is 0 Å². The molecule has 0 aliphatic rings. The fraction of sp³-hybridized carbons (Fsp3) is 0.133. The van der Waals surface area contributed by atoms with E-state index in [1.165, 1.54) is 0 Å². The Bertz CT molecular complexity index is 709. The van der Waals surface area contributed by atoms with Crippen LogP contribution in [0.15, 0.2) is 41.0 Å². The van der Waals surface area contributed by atoms with Crippen molar-refractivity contribution in [3.63, 3.8) is 0 Å². The van der Waals surface area contributed by atoms with Gasteiger partial charge in [0.1, 0.15) is 5.69 Å². The second kappa shape index (κ2) is 6.86. The Morgan fingerprint density at radius 2 is 2.19 bits per heavy atom. The predicted octanol–water partition coefficient (Wildman–Crippen LogP) is 3.40. The third-order valence-corrected chi connectivity index (χ3v) is 3.38. The van der Waals surface area contributed by atoms with Crippen LogP contribution < -0.4 is 10.6 Å². The van der Waals surface area contributed by atoms with Crippen LogP contribution in [0.2, 0.25) is 0 Å². The van der Waals surface area contributed by atoms with Crippen molar-refractivity contribution < 1.29 is 4.79 Å². The molecule has 0 aliphatic heterocycles. The highest BCUT2D eigenvalue weighted by atomic mass is 79.9. The number of carbonyl (C=O) groups excluding carboxylic acids is 1. The van der Waals surface area contributed by atoms with Crippen LogP contribution in [-0.4, -0.2) is 17.4 Å². The number of nitrogens with one attached hydrogen (secondary N) is 2. The number of nitriles is 1. The van der Waals surface area contributed by atoms with Crippen molar-refractivity contribution in [3.8, 4) is 6.07 Å². The minimum absolute atomic E-state index is 0.305. The van der Waals surface area contributed by atoms with E-state index in [-0.39, 0.29) is 5.91 Å². The molecule has 2 aromatic rings. The molecule has 5 nitrogen and oxygen atoms in total. The smallest absolute Gasteiger partial charge is 0.274 e.